The van der Waals surface area contributed by atoms with Crippen molar-refractivity contribution in [3.05, 3.63) is 66.1 Å². The van der Waals surface area contributed by atoms with E-state index in [0.717, 1.165) is 16.5 Å². The van der Waals surface area contributed by atoms with Crippen molar-refractivity contribution >= 4 is 16.8 Å². The lowest BCUT2D eigenvalue weighted by Crippen LogP contribution is -2.22. The lowest BCUT2D eigenvalue weighted by Gasteiger charge is -2.06. The van der Waals surface area contributed by atoms with Crippen LogP contribution in [-0.2, 0) is 13.6 Å². The number of benzene rings is 1. The van der Waals surface area contributed by atoms with Crippen LogP contribution in [0.5, 0.6) is 0 Å². The van der Waals surface area contributed by atoms with Gasteiger partial charge in [-0.15, -0.1) is 0 Å². The van der Waals surface area contributed by atoms with Crippen molar-refractivity contribution in [2.24, 2.45) is 7.05 Å². The first-order valence-corrected chi connectivity index (χ1v) is 6.46. The third-order valence-corrected chi connectivity index (χ3v) is 3.35. The molecule has 0 bridgehead atoms. The summed E-state index contributed by atoms with van der Waals surface area (Å²) < 4.78 is 2.04. The number of aryl methyl sites for hydroxylation is 1. The Morgan fingerprint density at radius 3 is 2.80 bits per heavy atom. The maximum Gasteiger partial charge on any atom is 0.251 e. The minimum Gasteiger partial charge on any atom is -0.351 e. The van der Waals surface area contributed by atoms with Crippen LogP contribution in [0.1, 0.15) is 15.9 Å². The molecule has 4 heteroatoms. The number of hydrogen-bond donors (Lipinski definition) is 1. The van der Waals surface area contributed by atoms with Gasteiger partial charge in [-0.3, -0.25) is 9.78 Å². The zero-order chi connectivity index (χ0) is 13.9. The molecule has 1 aromatic carbocycles. The minimum atomic E-state index is -0.0624. The lowest BCUT2D eigenvalue weighted by atomic mass is 10.1. The van der Waals surface area contributed by atoms with Crippen LogP contribution in [0.15, 0.2) is 55.0 Å². The Kier molecular flexibility index (Phi) is 3.21. The van der Waals surface area contributed by atoms with Gasteiger partial charge >= 0.3 is 0 Å². The number of nitrogens with one attached hydrogen (secondary N) is 1. The first-order valence-electron chi connectivity index (χ1n) is 6.46. The first-order chi connectivity index (χ1) is 9.74. The van der Waals surface area contributed by atoms with Gasteiger partial charge < -0.3 is 9.88 Å². The molecule has 0 spiro atoms. The number of amides is 1. The largest absolute Gasteiger partial charge is 0.351 e. The fraction of sp³-hybridized carbons (Fsp3) is 0.125. The van der Waals surface area contributed by atoms with Gasteiger partial charge in [-0.2, -0.15) is 0 Å². The number of carbonyl (C=O) groups is 1. The Morgan fingerprint density at radius 2 is 2.00 bits per heavy atom. The van der Waals surface area contributed by atoms with Crippen molar-refractivity contribution in [2.45, 2.75) is 6.54 Å². The fourth-order valence-corrected chi connectivity index (χ4v) is 2.21. The summed E-state index contributed by atoms with van der Waals surface area (Å²) in [6, 6.07) is 11.5. The van der Waals surface area contributed by atoms with Crippen molar-refractivity contribution in [2.75, 3.05) is 0 Å². The van der Waals surface area contributed by atoms with E-state index in [0.29, 0.717) is 12.1 Å². The number of rotatable bonds is 3. The second kappa shape index (κ2) is 5.17. The van der Waals surface area contributed by atoms with E-state index in [2.05, 4.69) is 10.3 Å². The van der Waals surface area contributed by atoms with Crippen molar-refractivity contribution in [1.82, 2.24) is 14.9 Å². The normalized spacial score (nSPS) is 10.7. The van der Waals surface area contributed by atoms with Gasteiger partial charge in [0.2, 0.25) is 0 Å². The van der Waals surface area contributed by atoms with E-state index in [1.807, 2.05) is 54.2 Å². The van der Waals surface area contributed by atoms with Gasteiger partial charge in [0.05, 0.1) is 0 Å². The van der Waals surface area contributed by atoms with Crippen molar-refractivity contribution in [1.29, 1.82) is 0 Å². The molecular formula is C16H15N3O. The zero-order valence-electron chi connectivity index (χ0n) is 11.2. The Morgan fingerprint density at radius 1 is 1.20 bits per heavy atom. The standard InChI is InChI=1S/C16H15N3O/c1-19-9-6-13-10-14(2-3-15(13)19)16(20)18-11-12-4-7-17-8-5-12/h2-10H,11H2,1H3,(H,18,20). The third-order valence-electron chi connectivity index (χ3n) is 3.35. The molecule has 0 atom stereocenters. The molecule has 1 N–H and O–H groups in total. The highest BCUT2D eigenvalue weighted by Crippen LogP contribution is 2.16. The van der Waals surface area contributed by atoms with E-state index < -0.39 is 0 Å². The zero-order valence-corrected chi connectivity index (χ0v) is 11.2. The number of aromatic nitrogens is 2. The predicted octanol–water partition coefficient (Wildman–Crippen LogP) is 2.50. The van der Waals surface area contributed by atoms with Crippen LogP contribution in [0.4, 0.5) is 0 Å². The number of fused-ring (bicyclic) bond motifs is 1. The first kappa shape index (κ1) is 12.4. The summed E-state index contributed by atoms with van der Waals surface area (Å²) in [7, 11) is 1.99. The molecule has 0 aliphatic carbocycles. The van der Waals surface area contributed by atoms with Crippen LogP contribution < -0.4 is 5.32 Å². The highest BCUT2D eigenvalue weighted by molar-refractivity contribution is 5.98. The molecule has 0 unspecified atom stereocenters. The molecule has 100 valence electrons. The molecule has 3 aromatic rings. The molecule has 0 saturated heterocycles. The maximum atomic E-state index is 12.1. The smallest absolute Gasteiger partial charge is 0.251 e. The second-order valence-electron chi connectivity index (χ2n) is 4.74. The summed E-state index contributed by atoms with van der Waals surface area (Å²) in [6.07, 6.45) is 5.43. The molecule has 0 radical (unpaired) electrons. The minimum absolute atomic E-state index is 0.0624. The number of nitrogens with zero attached hydrogens (tertiary/aromatic N) is 2. The topological polar surface area (TPSA) is 46.9 Å². The van der Waals surface area contributed by atoms with Crippen LogP contribution in [0.2, 0.25) is 0 Å². The molecule has 20 heavy (non-hydrogen) atoms. The van der Waals surface area contributed by atoms with Crippen LogP contribution in [0.3, 0.4) is 0 Å². The summed E-state index contributed by atoms with van der Waals surface area (Å²) in [5, 5.41) is 3.99. The van der Waals surface area contributed by atoms with Gasteiger partial charge in [0.25, 0.3) is 5.91 Å². The Balaban J connectivity index is 1.75. The van der Waals surface area contributed by atoms with Gasteiger partial charge in [0.1, 0.15) is 0 Å². The van der Waals surface area contributed by atoms with E-state index >= 15 is 0 Å². The summed E-state index contributed by atoms with van der Waals surface area (Å²) in [5.41, 5.74) is 2.84. The van der Waals surface area contributed by atoms with Crippen LogP contribution in [0.25, 0.3) is 10.9 Å². The van der Waals surface area contributed by atoms with Gasteiger partial charge in [-0.05, 0) is 42.0 Å². The summed E-state index contributed by atoms with van der Waals surface area (Å²) in [5.74, 6) is -0.0624. The quantitative estimate of drug-likeness (QED) is 0.791. The summed E-state index contributed by atoms with van der Waals surface area (Å²) >= 11 is 0. The van der Waals surface area contributed by atoms with E-state index in [9.17, 15) is 4.79 Å². The molecule has 0 aliphatic heterocycles. The van der Waals surface area contributed by atoms with Crippen LogP contribution >= 0.6 is 0 Å². The summed E-state index contributed by atoms with van der Waals surface area (Å²) in [6.45, 7) is 0.508. The molecule has 3 rings (SSSR count). The van der Waals surface area contributed by atoms with Crippen LogP contribution in [0, 0.1) is 0 Å². The van der Waals surface area contributed by atoms with Gasteiger partial charge in [-0.1, -0.05) is 0 Å². The van der Waals surface area contributed by atoms with Crippen LogP contribution in [-0.4, -0.2) is 15.5 Å². The molecule has 4 nitrogen and oxygen atoms in total. The molecule has 2 aromatic heterocycles. The van der Waals surface area contributed by atoms with E-state index in [1.54, 1.807) is 12.4 Å². The molecule has 2 heterocycles. The average molecular weight is 265 g/mol. The monoisotopic (exact) mass is 265 g/mol. The SMILES string of the molecule is Cn1ccc2cc(C(=O)NCc3ccncc3)ccc21. The van der Waals surface area contributed by atoms with E-state index in [-0.39, 0.29) is 5.91 Å². The van der Waals surface area contributed by atoms with Gasteiger partial charge in [-0.25, -0.2) is 0 Å². The number of hydrogen-bond acceptors (Lipinski definition) is 2. The van der Waals surface area contributed by atoms with Crippen molar-refractivity contribution in [3.63, 3.8) is 0 Å². The number of carbonyl (C=O) groups excluding carboxylic acids is 1. The highest BCUT2D eigenvalue weighted by atomic mass is 16.1. The molecule has 1 amide bonds. The molecule has 0 aliphatic rings. The molecule has 0 fully saturated rings. The Bertz CT molecular complexity index is 747. The van der Waals surface area contributed by atoms with Gasteiger partial charge in [0, 0.05) is 48.6 Å². The maximum absolute atomic E-state index is 12.1. The third kappa shape index (κ3) is 2.40. The van der Waals surface area contributed by atoms with Gasteiger partial charge in [0.15, 0.2) is 0 Å². The fourth-order valence-electron chi connectivity index (χ4n) is 2.21. The second-order valence-corrected chi connectivity index (χ2v) is 4.74. The van der Waals surface area contributed by atoms with Crippen molar-refractivity contribution < 1.29 is 4.79 Å². The van der Waals surface area contributed by atoms with E-state index in [4.69, 9.17) is 0 Å². The predicted molar refractivity (Wildman–Crippen MR) is 78.3 cm³/mol. The highest BCUT2D eigenvalue weighted by Gasteiger charge is 2.07. The molecule has 0 saturated carbocycles. The lowest BCUT2D eigenvalue weighted by molar-refractivity contribution is 0.0951. The summed E-state index contributed by atoms with van der Waals surface area (Å²) in [4.78, 5) is 16.1. The van der Waals surface area contributed by atoms with Crippen molar-refractivity contribution in [3.8, 4) is 0 Å². The number of pyridine rings is 1. The Hall–Kier alpha value is -2.62. The Labute approximate surface area is 117 Å². The average Bonchev–Trinajstić information content (AvgIpc) is 2.87. The van der Waals surface area contributed by atoms with E-state index in [1.165, 1.54) is 0 Å². The molecular weight excluding hydrogens is 250 g/mol.